The summed E-state index contributed by atoms with van der Waals surface area (Å²) in [6, 6.07) is 0.363. The van der Waals surface area contributed by atoms with E-state index >= 15 is 0 Å². The number of guanidine groups is 1. The van der Waals surface area contributed by atoms with Crippen LogP contribution in [0.4, 0.5) is 0 Å². The van der Waals surface area contributed by atoms with Gasteiger partial charge < -0.3 is 20.5 Å². The molecule has 1 aromatic rings. The molecule has 1 fully saturated rings. The molecule has 1 aliphatic rings. The molecule has 7 heteroatoms. The van der Waals surface area contributed by atoms with E-state index in [2.05, 4.69) is 39.9 Å². The van der Waals surface area contributed by atoms with Crippen LogP contribution in [0.25, 0.3) is 0 Å². The van der Waals surface area contributed by atoms with Gasteiger partial charge >= 0.3 is 0 Å². The van der Waals surface area contributed by atoms with Crippen molar-refractivity contribution in [3.05, 3.63) is 17.0 Å². The first kappa shape index (κ1) is 21.3. The molecule has 0 aromatic carbocycles. The highest BCUT2D eigenvalue weighted by Crippen LogP contribution is 2.18. The van der Waals surface area contributed by atoms with E-state index in [4.69, 9.17) is 4.52 Å². The van der Waals surface area contributed by atoms with Gasteiger partial charge in [-0.2, -0.15) is 0 Å². The van der Waals surface area contributed by atoms with Crippen LogP contribution in [0.1, 0.15) is 76.3 Å². The molecule has 3 N–H and O–H groups in total. The Morgan fingerprint density at radius 2 is 1.93 bits per heavy atom. The van der Waals surface area contributed by atoms with Crippen LogP contribution >= 0.6 is 0 Å². The molecule has 7 nitrogen and oxygen atoms in total. The van der Waals surface area contributed by atoms with E-state index in [1.165, 1.54) is 19.3 Å². The largest absolute Gasteiger partial charge is 0.361 e. The Labute approximate surface area is 162 Å². The van der Waals surface area contributed by atoms with E-state index < -0.39 is 0 Å². The van der Waals surface area contributed by atoms with Crippen LogP contribution < -0.4 is 16.0 Å². The number of nitrogens with zero attached hydrogens (tertiary/aromatic N) is 2. The van der Waals surface area contributed by atoms with Crippen molar-refractivity contribution in [2.45, 2.75) is 84.7 Å². The Morgan fingerprint density at radius 3 is 2.59 bits per heavy atom. The molecule has 0 aliphatic heterocycles. The third kappa shape index (κ3) is 6.88. The van der Waals surface area contributed by atoms with Crippen molar-refractivity contribution in [1.82, 2.24) is 21.1 Å². The van der Waals surface area contributed by atoms with Gasteiger partial charge in [0.05, 0.1) is 12.2 Å². The smallest absolute Gasteiger partial charge is 0.221 e. The van der Waals surface area contributed by atoms with E-state index in [0.29, 0.717) is 31.5 Å². The molecule has 2 rings (SSSR count). The zero-order valence-corrected chi connectivity index (χ0v) is 17.1. The fourth-order valence-electron chi connectivity index (χ4n) is 3.46. The van der Waals surface area contributed by atoms with Crippen LogP contribution in [0.5, 0.6) is 0 Å². The average molecular weight is 378 g/mol. The molecule has 1 saturated carbocycles. The summed E-state index contributed by atoms with van der Waals surface area (Å²) in [5.74, 6) is 1.73. The van der Waals surface area contributed by atoms with Gasteiger partial charge in [0.1, 0.15) is 5.76 Å². The number of aryl methyl sites for hydroxylation is 2. The van der Waals surface area contributed by atoms with Crippen LogP contribution in [-0.2, 0) is 24.2 Å². The van der Waals surface area contributed by atoms with Gasteiger partial charge in [-0.25, -0.2) is 4.99 Å². The van der Waals surface area contributed by atoms with Crippen molar-refractivity contribution in [2.24, 2.45) is 4.99 Å². The first-order valence-electron chi connectivity index (χ1n) is 10.5. The Kier molecular flexibility index (Phi) is 9.15. The van der Waals surface area contributed by atoms with Crippen LogP contribution in [0.3, 0.4) is 0 Å². The molecule has 1 aromatic heterocycles. The number of aromatic nitrogens is 1. The quantitative estimate of drug-likeness (QED) is 0.455. The van der Waals surface area contributed by atoms with Crippen molar-refractivity contribution in [1.29, 1.82) is 0 Å². The molecule has 1 amide bonds. The molecule has 152 valence electrons. The number of amides is 1. The highest BCUT2D eigenvalue weighted by molar-refractivity contribution is 5.81. The molecule has 0 radical (unpaired) electrons. The Bertz CT molecular complexity index is 584. The van der Waals surface area contributed by atoms with Crippen molar-refractivity contribution in [2.75, 3.05) is 13.1 Å². The van der Waals surface area contributed by atoms with Crippen molar-refractivity contribution in [3.63, 3.8) is 0 Å². The summed E-state index contributed by atoms with van der Waals surface area (Å²) in [6.07, 6.45) is 8.06. The lowest BCUT2D eigenvalue weighted by Gasteiger charge is -2.22. The highest BCUT2D eigenvalue weighted by atomic mass is 16.5. The summed E-state index contributed by atoms with van der Waals surface area (Å²) in [4.78, 5) is 16.8. The number of rotatable bonds is 9. The lowest BCUT2D eigenvalue weighted by atomic mass is 9.95. The number of aliphatic imine (C=N–C) groups is 1. The summed E-state index contributed by atoms with van der Waals surface area (Å²) >= 11 is 0. The summed E-state index contributed by atoms with van der Waals surface area (Å²) in [5, 5.41) is 13.8. The third-order valence-corrected chi connectivity index (χ3v) is 4.96. The SMILES string of the molecule is CCNC(=NCc1c(CC)noc1CC)NCCC(=O)NC1CCCCC1. The van der Waals surface area contributed by atoms with Gasteiger partial charge in [0.15, 0.2) is 5.96 Å². The average Bonchev–Trinajstić information content (AvgIpc) is 3.08. The van der Waals surface area contributed by atoms with E-state index in [0.717, 1.165) is 49.2 Å². The summed E-state index contributed by atoms with van der Waals surface area (Å²) in [6.45, 7) is 8.02. The highest BCUT2D eigenvalue weighted by Gasteiger charge is 2.16. The number of nitrogens with one attached hydrogen (secondary N) is 3. The van der Waals surface area contributed by atoms with Crippen molar-refractivity contribution < 1.29 is 9.32 Å². The molecule has 1 heterocycles. The summed E-state index contributed by atoms with van der Waals surface area (Å²) in [7, 11) is 0. The van der Waals surface area contributed by atoms with E-state index in [-0.39, 0.29) is 5.91 Å². The number of carbonyl (C=O) groups is 1. The lowest BCUT2D eigenvalue weighted by molar-refractivity contribution is -0.121. The van der Waals surface area contributed by atoms with Gasteiger partial charge in [0.2, 0.25) is 5.91 Å². The second-order valence-electron chi connectivity index (χ2n) is 7.01. The van der Waals surface area contributed by atoms with Crippen LogP contribution in [0, 0.1) is 0 Å². The predicted molar refractivity (Wildman–Crippen MR) is 108 cm³/mol. The van der Waals surface area contributed by atoms with Crippen molar-refractivity contribution in [3.8, 4) is 0 Å². The molecule has 0 unspecified atom stereocenters. The number of hydrogen-bond acceptors (Lipinski definition) is 4. The summed E-state index contributed by atoms with van der Waals surface area (Å²) in [5.41, 5.74) is 2.05. The molecule has 0 bridgehead atoms. The van der Waals surface area contributed by atoms with Crippen molar-refractivity contribution >= 4 is 11.9 Å². The molecule has 0 spiro atoms. The fourth-order valence-corrected chi connectivity index (χ4v) is 3.46. The van der Waals surface area contributed by atoms with E-state index in [9.17, 15) is 4.79 Å². The van der Waals surface area contributed by atoms with Gasteiger partial charge in [-0.05, 0) is 26.2 Å². The van der Waals surface area contributed by atoms with Crippen LogP contribution in [-0.4, -0.2) is 36.2 Å². The second-order valence-corrected chi connectivity index (χ2v) is 7.01. The zero-order valence-electron chi connectivity index (χ0n) is 17.1. The summed E-state index contributed by atoms with van der Waals surface area (Å²) < 4.78 is 5.40. The molecule has 0 saturated heterocycles. The first-order chi connectivity index (χ1) is 13.2. The normalized spacial score (nSPS) is 15.6. The number of hydrogen-bond donors (Lipinski definition) is 3. The minimum absolute atomic E-state index is 0.117. The second kappa shape index (κ2) is 11.6. The standard InChI is InChI=1S/C20H35N5O2/c1-4-17-16(18(5-2)27-25-17)14-23-20(21-6-3)22-13-12-19(26)24-15-10-8-7-9-11-15/h15H,4-14H2,1-3H3,(H,24,26)(H2,21,22,23). The maximum Gasteiger partial charge on any atom is 0.221 e. The lowest BCUT2D eigenvalue weighted by Crippen LogP contribution is -2.41. The van der Waals surface area contributed by atoms with Crippen LogP contribution in [0.15, 0.2) is 9.52 Å². The van der Waals surface area contributed by atoms with E-state index in [1.807, 2.05) is 6.92 Å². The predicted octanol–water partition coefficient (Wildman–Crippen LogP) is 2.69. The minimum Gasteiger partial charge on any atom is -0.361 e. The zero-order chi connectivity index (χ0) is 19.5. The maximum atomic E-state index is 12.1. The Hall–Kier alpha value is -2.05. The topological polar surface area (TPSA) is 91.6 Å². The van der Waals surface area contributed by atoms with Gasteiger partial charge in [-0.15, -0.1) is 0 Å². The molecular formula is C20H35N5O2. The maximum absolute atomic E-state index is 12.1. The van der Waals surface area contributed by atoms with Crippen LogP contribution in [0.2, 0.25) is 0 Å². The number of carbonyl (C=O) groups excluding carboxylic acids is 1. The third-order valence-electron chi connectivity index (χ3n) is 4.96. The monoisotopic (exact) mass is 377 g/mol. The Morgan fingerprint density at radius 1 is 1.15 bits per heavy atom. The first-order valence-corrected chi connectivity index (χ1v) is 10.5. The molecule has 1 aliphatic carbocycles. The molecule has 0 atom stereocenters. The van der Waals surface area contributed by atoms with Gasteiger partial charge in [-0.3, -0.25) is 4.79 Å². The van der Waals surface area contributed by atoms with Gasteiger partial charge in [0, 0.05) is 37.5 Å². The minimum atomic E-state index is 0.117. The van der Waals surface area contributed by atoms with Gasteiger partial charge in [0.25, 0.3) is 0 Å². The Balaban J connectivity index is 1.82. The van der Waals surface area contributed by atoms with Gasteiger partial charge in [-0.1, -0.05) is 38.3 Å². The molecule has 27 heavy (non-hydrogen) atoms. The fraction of sp³-hybridized carbons (Fsp3) is 0.750. The van der Waals surface area contributed by atoms with E-state index in [1.54, 1.807) is 0 Å². The molecular weight excluding hydrogens is 342 g/mol.